The van der Waals surface area contributed by atoms with E-state index in [4.69, 9.17) is 16.1 Å². The van der Waals surface area contributed by atoms with Crippen molar-refractivity contribution in [1.82, 2.24) is 15.5 Å². The van der Waals surface area contributed by atoms with Gasteiger partial charge in [0.1, 0.15) is 0 Å². The van der Waals surface area contributed by atoms with Gasteiger partial charge >= 0.3 is 0 Å². The van der Waals surface area contributed by atoms with E-state index in [1.165, 1.54) is 0 Å². The van der Waals surface area contributed by atoms with Crippen molar-refractivity contribution in [1.29, 1.82) is 0 Å². The average Bonchev–Trinajstić information content (AvgIpc) is 3.45. The SMILES string of the molecule is O=C(CCCc1nc(-c2cccs2)no1)NC(c1ccccc1)c1cccc(Cl)c1. The molecule has 0 spiro atoms. The first-order valence-corrected chi connectivity index (χ1v) is 10.9. The molecule has 0 aliphatic carbocycles. The van der Waals surface area contributed by atoms with Crippen molar-refractivity contribution in [3.8, 4) is 10.7 Å². The summed E-state index contributed by atoms with van der Waals surface area (Å²) >= 11 is 7.73. The molecule has 0 saturated carbocycles. The first kappa shape index (κ1) is 20.3. The molecule has 0 aliphatic rings. The maximum Gasteiger partial charge on any atom is 0.226 e. The second kappa shape index (κ2) is 9.69. The van der Waals surface area contributed by atoms with Crippen LogP contribution < -0.4 is 5.32 Å². The fourth-order valence-electron chi connectivity index (χ4n) is 3.19. The first-order valence-electron chi connectivity index (χ1n) is 9.65. The first-order chi connectivity index (χ1) is 14.7. The zero-order valence-corrected chi connectivity index (χ0v) is 17.7. The van der Waals surface area contributed by atoms with Gasteiger partial charge in [0, 0.05) is 17.9 Å². The van der Waals surface area contributed by atoms with Gasteiger partial charge in [0.2, 0.25) is 17.6 Å². The number of halogens is 1. The standard InChI is InChI=1S/C23H20ClN3O2S/c24-18-10-4-9-17(15-18)22(16-7-2-1-3-8-16)25-20(28)12-5-13-21-26-23(27-29-21)19-11-6-14-30-19/h1-4,6-11,14-15,22H,5,12-13H2,(H,25,28). The Balaban J connectivity index is 1.37. The summed E-state index contributed by atoms with van der Waals surface area (Å²) in [5.41, 5.74) is 1.95. The molecule has 0 fully saturated rings. The van der Waals surface area contributed by atoms with Crippen molar-refractivity contribution >= 4 is 28.8 Å². The molecule has 4 aromatic rings. The fraction of sp³-hybridized carbons (Fsp3) is 0.174. The van der Waals surface area contributed by atoms with Crippen molar-refractivity contribution in [2.24, 2.45) is 0 Å². The Morgan fingerprint density at radius 3 is 2.67 bits per heavy atom. The van der Waals surface area contributed by atoms with Crippen molar-refractivity contribution < 1.29 is 9.32 Å². The van der Waals surface area contributed by atoms with E-state index in [0.29, 0.717) is 36.0 Å². The summed E-state index contributed by atoms with van der Waals surface area (Å²) in [7, 11) is 0. The minimum atomic E-state index is -0.258. The van der Waals surface area contributed by atoms with E-state index in [2.05, 4.69) is 15.5 Å². The van der Waals surface area contributed by atoms with E-state index in [1.54, 1.807) is 11.3 Å². The predicted molar refractivity (Wildman–Crippen MR) is 118 cm³/mol. The van der Waals surface area contributed by atoms with Crippen LogP contribution in [0.5, 0.6) is 0 Å². The highest BCUT2D eigenvalue weighted by Crippen LogP contribution is 2.25. The van der Waals surface area contributed by atoms with Gasteiger partial charge in [-0.2, -0.15) is 4.98 Å². The Kier molecular flexibility index (Phi) is 6.57. The molecule has 30 heavy (non-hydrogen) atoms. The molecular weight excluding hydrogens is 418 g/mol. The third-order valence-electron chi connectivity index (χ3n) is 4.62. The number of rotatable bonds is 8. The minimum Gasteiger partial charge on any atom is -0.345 e. The normalized spacial score (nSPS) is 11.9. The molecule has 0 radical (unpaired) electrons. The summed E-state index contributed by atoms with van der Waals surface area (Å²) in [6, 6.07) is 21.1. The molecule has 5 nitrogen and oxygen atoms in total. The maximum absolute atomic E-state index is 12.7. The van der Waals surface area contributed by atoms with E-state index in [9.17, 15) is 4.79 Å². The molecule has 4 rings (SSSR count). The average molecular weight is 438 g/mol. The van der Waals surface area contributed by atoms with Crippen LogP contribution in [0, 0.1) is 0 Å². The van der Waals surface area contributed by atoms with E-state index < -0.39 is 0 Å². The lowest BCUT2D eigenvalue weighted by atomic mass is 9.98. The Morgan fingerprint density at radius 1 is 1.07 bits per heavy atom. The molecule has 1 unspecified atom stereocenters. The number of nitrogens with one attached hydrogen (secondary N) is 1. The largest absolute Gasteiger partial charge is 0.345 e. The summed E-state index contributed by atoms with van der Waals surface area (Å²) in [5.74, 6) is 1.09. The molecular formula is C23H20ClN3O2S. The van der Waals surface area contributed by atoms with Crippen LogP contribution in [0.2, 0.25) is 5.02 Å². The number of aromatic nitrogens is 2. The van der Waals surface area contributed by atoms with Gasteiger partial charge in [-0.25, -0.2) is 0 Å². The van der Waals surface area contributed by atoms with E-state index in [0.717, 1.165) is 16.0 Å². The van der Waals surface area contributed by atoms with Crippen molar-refractivity contribution in [2.45, 2.75) is 25.3 Å². The molecule has 0 bridgehead atoms. The highest BCUT2D eigenvalue weighted by atomic mass is 35.5. The number of carbonyl (C=O) groups is 1. The van der Waals surface area contributed by atoms with Gasteiger partial charge in [0.15, 0.2) is 0 Å². The van der Waals surface area contributed by atoms with Crippen LogP contribution in [-0.2, 0) is 11.2 Å². The number of benzene rings is 2. The smallest absolute Gasteiger partial charge is 0.226 e. The highest BCUT2D eigenvalue weighted by Gasteiger charge is 2.17. The quantitative estimate of drug-likeness (QED) is 0.385. The Bertz CT molecular complexity index is 1100. The maximum atomic E-state index is 12.7. The molecule has 1 atom stereocenters. The van der Waals surface area contributed by atoms with Crippen LogP contribution in [0.25, 0.3) is 10.7 Å². The lowest BCUT2D eigenvalue weighted by molar-refractivity contribution is -0.121. The third-order valence-corrected chi connectivity index (χ3v) is 5.73. The zero-order valence-electron chi connectivity index (χ0n) is 16.1. The van der Waals surface area contributed by atoms with Crippen LogP contribution in [0.1, 0.15) is 35.9 Å². The highest BCUT2D eigenvalue weighted by molar-refractivity contribution is 7.13. The number of aryl methyl sites for hydroxylation is 1. The third kappa shape index (κ3) is 5.14. The van der Waals surface area contributed by atoms with Crippen LogP contribution in [0.3, 0.4) is 0 Å². The predicted octanol–water partition coefficient (Wildman–Crippen LogP) is 5.68. The summed E-state index contributed by atoms with van der Waals surface area (Å²) in [6.45, 7) is 0. The lowest BCUT2D eigenvalue weighted by Crippen LogP contribution is -2.29. The Hall–Kier alpha value is -2.96. The summed E-state index contributed by atoms with van der Waals surface area (Å²) in [4.78, 5) is 18.0. The molecule has 2 aromatic carbocycles. The van der Waals surface area contributed by atoms with Gasteiger partial charge in [-0.15, -0.1) is 11.3 Å². The van der Waals surface area contributed by atoms with Crippen LogP contribution >= 0.6 is 22.9 Å². The number of hydrogen-bond donors (Lipinski definition) is 1. The van der Waals surface area contributed by atoms with Gasteiger partial charge in [0.05, 0.1) is 10.9 Å². The van der Waals surface area contributed by atoms with Crippen LogP contribution in [-0.4, -0.2) is 16.0 Å². The van der Waals surface area contributed by atoms with Gasteiger partial charge in [-0.05, 0) is 41.1 Å². The van der Waals surface area contributed by atoms with Gasteiger partial charge in [0.25, 0.3) is 0 Å². The minimum absolute atomic E-state index is 0.0400. The topological polar surface area (TPSA) is 68.0 Å². The summed E-state index contributed by atoms with van der Waals surface area (Å²) < 4.78 is 5.30. The number of nitrogens with zero attached hydrogens (tertiary/aromatic N) is 2. The molecule has 152 valence electrons. The zero-order chi connectivity index (χ0) is 20.8. The molecule has 0 aliphatic heterocycles. The van der Waals surface area contributed by atoms with Gasteiger partial charge in [-0.1, -0.05) is 65.3 Å². The number of carbonyl (C=O) groups excluding carboxylic acids is 1. The van der Waals surface area contributed by atoms with Crippen LogP contribution in [0.15, 0.2) is 76.6 Å². The second-order valence-corrected chi connectivity index (χ2v) is 8.19. The molecule has 1 N–H and O–H groups in total. The number of thiophene rings is 1. The molecule has 2 aromatic heterocycles. The Labute approximate surface area is 183 Å². The van der Waals surface area contributed by atoms with E-state index >= 15 is 0 Å². The van der Waals surface area contributed by atoms with Gasteiger partial charge in [-0.3, -0.25) is 4.79 Å². The number of hydrogen-bond acceptors (Lipinski definition) is 5. The fourth-order valence-corrected chi connectivity index (χ4v) is 4.03. The molecule has 1 amide bonds. The molecule has 0 saturated heterocycles. The molecule has 2 heterocycles. The summed E-state index contributed by atoms with van der Waals surface area (Å²) in [6.07, 6.45) is 1.54. The van der Waals surface area contributed by atoms with Crippen molar-refractivity contribution in [2.75, 3.05) is 0 Å². The van der Waals surface area contributed by atoms with Gasteiger partial charge < -0.3 is 9.84 Å². The Morgan fingerprint density at radius 2 is 1.90 bits per heavy atom. The second-order valence-electron chi connectivity index (χ2n) is 6.81. The van der Waals surface area contributed by atoms with Crippen molar-refractivity contribution in [3.63, 3.8) is 0 Å². The monoisotopic (exact) mass is 437 g/mol. The van der Waals surface area contributed by atoms with E-state index in [1.807, 2.05) is 72.1 Å². The van der Waals surface area contributed by atoms with E-state index in [-0.39, 0.29) is 11.9 Å². The van der Waals surface area contributed by atoms with Crippen LogP contribution in [0.4, 0.5) is 0 Å². The molecule has 7 heteroatoms. The lowest BCUT2D eigenvalue weighted by Gasteiger charge is -2.20. The number of amides is 1. The van der Waals surface area contributed by atoms with Crippen molar-refractivity contribution in [3.05, 3.63) is 94.2 Å². The summed E-state index contributed by atoms with van der Waals surface area (Å²) in [5, 5.41) is 9.74.